The van der Waals surface area contributed by atoms with Crippen molar-refractivity contribution in [3.8, 4) is 11.8 Å². The van der Waals surface area contributed by atoms with Gasteiger partial charge in [-0.2, -0.15) is 5.26 Å². The minimum atomic E-state index is -0.571. The van der Waals surface area contributed by atoms with E-state index in [2.05, 4.69) is 32.0 Å². The van der Waals surface area contributed by atoms with Gasteiger partial charge in [-0.25, -0.2) is 0 Å². The fraction of sp³-hybridized carbons (Fsp3) is 0.294. The average Bonchev–Trinajstić information content (AvgIpc) is 2.89. The predicted octanol–water partition coefficient (Wildman–Crippen LogP) is 8.44. The Labute approximate surface area is 251 Å². The van der Waals surface area contributed by atoms with Gasteiger partial charge < -0.3 is 10.5 Å². The molecule has 2 aliphatic rings. The number of nitrogens with two attached hydrogens (primary N) is 1. The van der Waals surface area contributed by atoms with E-state index in [9.17, 15) is 10.1 Å². The van der Waals surface area contributed by atoms with Crippen molar-refractivity contribution in [2.45, 2.75) is 60.0 Å². The third kappa shape index (κ3) is 5.47. The van der Waals surface area contributed by atoms with Gasteiger partial charge in [0.2, 0.25) is 0 Å². The summed E-state index contributed by atoms with van der Waals surface area (Å²) in [7, 11) is 0. The minimum absolute atomic E-state index is 0.0379. The maximum Gasteiger partial charge on any atom is 0.162 e. The smallest absolute Gasteiger partial charge is 0.162 e. The number of hydrogen-bond donors (Lipinski definition) is 1. The van der Waals surface area contributed by atoms with Gasteiger partial charge in [0.05, 0.1) is 17.6 Å². The van der Waals surface area contributed by atoms with E-state index in [1.54, 1.807) is 12.1 Å². The highest BCUT2D eigenvalue weighted by Gasteiger charge is 2.45. The number of allylic oxidation sites excluding steroid dienone is 3. The molecule has 2 N–H and O–H groups in total. The molecular weight excluding hydrogens is 553 g/mol. The Balaban J connectivity index is 1.66. The van der Waals surface area contributed by atoms with Gasteiger partial charge in [-0.05, 0) is 97.3 Å². The van der Waals surface area contributed by atoms with E-state index in [-0.39, 0.29) is 11.2 Å². The Morgan fingerprint density at radius 1 is 1.02 bits per heavy atom. The number of nitriles is 1. The molecule has 1 unspecified atom stereocenters. The first-order chi connectivity index (χ1) is 19.4. The van der Waals surface area contributed by atoms with Crippen LogP contribution in [0.5, 0.6) is 5.75 Å². The van der Waals surface area contributed by atoms with Crippen molar-refractivity contribution >= 4 is 34.7 Å². The zero-order valence-corrected chi connectivity index (χ0v) is 25.5. The summed E-state index contributed by atoms with van der Waals surface area (Å²) in [4.78, 5) is 15.8. The van der Waals surface area contributed by atoms with Crippen molar-refractivity contribution in [1.82, 2.24) is 0 Å². The van der Waals surface area contributed by atoms with Crippen LogP contribution in [-0.4, -0.2) is 5.78 Å². The molecule has 0 bridgehead atoms. The highest BCUT2D eigenvalue weighted by molar-refractivity contribution is 6.31. The summed E-state index contributed by atoms with van der Waals surface area (Å²) >= 11 is 12.3. The van der Waals surface area contributed by atoms with Crippen LogP contribution in [-0.2, 0) is 11.4 Å². The van der Waals surface area contributed by atoms with Gasteiger partial charge in [0.1, 0.15) is 18.2 Å². The van der Waals surface area contributed by atoms with Crippen LogP contribution < -0.4 is 15.4 Å². The summed E-state index contributed by atoms with van der Waals surface area (Å²) in [6.45, 7) is 10.5. The van der Waals surface area contributed by atoms with Gasteiger partial charge in [0, 0.05) is 33.4 Å². The molecule has 3 aromatic carbocycles. The van der Waals surface area contributed by atoms with Gasteiger partial charge in [0.15, 0.2) is 5.78 Å². The van der Waals surface area contributed by atoms with E-state index >= 15 is 0 Å². The molecule has 210 valence electrons. The molecular formula is C34H33Cl2N3O2. The number of Topliss-reactive ketones (excluding diaryl/α,β-unsaturated/α-hetero) is 1. The Bertz CT molecular complexity index is 1660. The molecule has 7 heteroatoms. The van der Waals surface area contributed by atoms with Gasteiger partial charge in [-0.3, -0.25) is 9.69 Å². The lowest BCUT2D eigenvalue weighted by Gasteiger charge is -2.44. The molecule has 0 fully saturated rings. The number of carbonyl (C=O) groups excluding carboxylic acids is 1. The van der Waals surface area contributed by atoms with Crippen LogP contribution in [0.1, 0.15) is 60.4 Å². The summed E-state index contributed by atoms with van der Waals surface area (Å²) in [5, 5.41) is 11.8. The number of aryl methyl sites for hydroxylation is 2. The number of rotatable bonds is 5. The van der Waals surface area contributed by atoms with Crippen LogP contribution in [0.2, 0.25) is 10.0 Å². The first kappa shape index (κ1) is 28.8. The van der Waals surface area contributed by atoms with Crippen molar-refractivity contribution in [2.24, 2.45) is 11.1 Å². The number of halogens is 2. The third-order valence-corrected chi connectivity index (χ3v) is 8.48. The van der Waals surface area contributed by atoms with Gasteiger partial charge in [-0.1, -0.05) is 54.7 Å². The van der Waals surface area contributed by atoms with Crippen molar-refractivity contribution in [3.63, 3.8) is 0 Å². The molecule has 0 spiro atoms. The van der Waals surface area contributed by atoms with Crippen LogP contribution in [0.15, 0.2) is 77.3 Å². The number of ketones is 1. The van der Waals surface area contributed by atoms with Crippen molar-refractivity contribution in [1.29, 1.82) is 5.26 Å². The highest BCUT2D eigenvalue weighted by Crippen LogP contribution is 2.51. The van der Waals surface area contributed by atoms with Gasteiger partial charge in [-0.15, -0.1) is 0 Å². The lowest BCUT2D eigenvalue weighted by molar-refractivity contribution is -0.118. The highest BCUT2D eigenvalue weighted by atomic mass is 35.5. The van der Waals surface area contributed by atoms with Crippen LogP contribution in [0.4, 0.5) is 5.69 Å². The van der Waals surface area contributed by atoms with Gasteiger partial charge in [0.25, 0.3) is 0 Å². The van der Waals surface area contributed by atoms with Crippen LogP contribution in [0.25, 0.3) is 0 Å². The minimum Gasteiger partial charge on any atom is -0.489 e. The molecule has 1 aliphatic heterocycles. The van der Waals surface area contributed by atoms with Gasteiger partial charge >= 0.3 is 0 Å². The van der Waals surface area contributed by atoms with E-state index in [1.165, 1.54) is 0 Å². The fourth-order valence-electron chi connectivity index (χ4n) is 6.05. The number of nitrogens with zero attached hydrogens (tertiary/aromatic N) is 2. The van der Waals surface area contributed by atoms with E-state index < -0.39 is 5.92 Å². The monoisotopic (exact) mass is 585 g/mol. The standard InChI is InChI=1S/C34H33Cl2N3O2/c1-19-12-22(18-41-30-11-8-24(36)14-20(30)2)21(3)26(13-19)31-27(17-37)33(38)39(25-9-6-23(35)7-10-25)28-15-34(4,5)16-29(40)32(28)31/h6-14,31H,15-16,18,38H2,1-5H3. The Hall–Kier alpha value is -3.72. The van der Waals surface area contributed by atoms with Crippen molar-refractivity contribution < 1.29 is 9.53 Å². The molecule has 0 saturated carbocycles. The Kier molecular flexibility index (Phi) is 7.68. The second-order valence-corrected chi connectivity index (χ2v) is 12.7. The van der Waals surface area contributed by atoms with Crippen LogP contribution in [0.3, 0.4) is 0 Å². The molecule has 0 saturated heterocycles. The summed E-state index contributed by atoms with van der Waals surface area (Å²) in [5.74, 6) is 0.554. The summed E-state index contributed by atoms with van der Waals surface area (Å²) in [6, 6.07) is 19.4. The van der Waals surface area contributed by atoms with E-state index in [4.69, 9.17) is 33.7 Å². The molecule has 41 heavy (non-hydrogen) atoms. The first-order valence-corrected chi connectivity index (χ1v) is 14.4. The first-order valence-electron chi connectivity index (χ1n) is 13.6. The number of hydrogen-bond acceptors (Lipinski definition) is 5. The van der Waals surface area contributed by atoms with E-state index in [0.29, 0.717) is 46.5 Å². The Morgan fingerprint density at radius 3 is 2.37 bits per heavy atom. The third-order valence-electron chi connectivity index (χ3n) is 8.00. The molecule has 5 rings (SSSR count). The van der Waals surface area contributed by atoms with Crippen LogP contribution >= 0.6 is 23.2 Å². The lowest BCUT2D eigenvalue weighted by Crippen LogP contribution is -2.42. The number of carbonyl (C=O) groups is 1. The maximum absolute atomic E-state index is 14.0. The number of ether oxygens (including phenoxy) is 1. The molecule has 0 aromatic heterocycles. The van der Waals surface area contributed by atoms with E-state index in [1.807, 2.05) is 56.0 Å². The molecule has 0 radical (unpaired) electrons. The second kappa shape index (κ2) is 10.9. The van der Waals surface area contributed by atoms with E-state index in [0.717, 1.165) is 45.0 Å². The lowest BCUT2D eigenvalue weighted by atomic mass is 9.68. The summed E-state index contributed by atoms with van der Waals surface area (Å²) < 4.78 is 6.21. The zero-order chi connectivity index (χ0) is 29.6. The number of anilines is 1. The fourth-order valence-corrected chi connectivity index (χ4v) is 6.40. The summed E-state index contributed by atoms with van der Waals surface area (Å²) in [5.41, 5.74) is 14.0. The second-order valence-electron chi connectivity index (χ2n) is 11.8. The normalized spacial score (nSPS) is 18.3. The average molecular weight is 587 g/mol. The maximum atomic E-state index is 14.0. The van der Waals surface area contributed by atoms with Crippen molar-refractivity contribution in [2.75, 3.05) is 4.90 Å². The quantitative estimate of drug-likeness (QED) is 0.325. The molecule has 3 aromatic rings. The van der Waals surface area contributed by atoms with Crippen LogP contribution in [0, 0.1) is 37.5 Å². The molecule has 1 heterocycles. The molecule has 5 nitrogen and oxygen atoms in total. The topological polar surface area (TPSA) is 79.3 Å². The molecule has 1 aliphatic carbocycles. The largest absolute Gasteiger partial charge is 0.489 e. The zero-order valence-electron chi connectivity index (χ0n) is 23.9. The summed E-state index contributed by atoms with van der Waals surface area (Å²) in [6.07, 6.45) is 1.04. The molecule has 1 atom stereocenters. The predicted molar refractivity (Wildman–Crippen MR) is 165 cm³/mol. The van der Waals surface area contributed by atoms with Crippen molar-refractivity contribution in [3.05, 3.63) is 115 Å². The SMILES string of the molecule is Cc1cc(COc2ccc(Cl)cc2C)c(C)c(C2C(C#N)=C(N)N(c3ccc(Cl)cc3)C3=C2C(=O)CC(C)(C)C3)c1. The number of benzene rings is 3. The molecule has 0 amide bonds. The Morgan fingerprint density at radius 2 is 1.71 bits per heavy atom.